The highest BCUT2D eigenvalue weighted by Gasteiger charge is 2.45. The topological polar surface area (TPSA) is 124 Å². The van der Waals surface area contributed by atoms with Crippen molar-refractivity contribution in [2.24, 2.45) is 5.92 Å². The van der Waals surface area contributed by atoms with Gasteiger partial charge in [0.15, 0.2) is 11.5 Å². The second kappa shape index (κ2) is 6.44. The Balaban J connectivity index is 2.04. The number of phenols is 3. The molecule has 1 saturated heterocycles. The van der Waals surface area contributed by atoms with E-state index in [4.69, 9.17) is 4.74 Å². The number of aryl methyl sites for hydroxylation is 1. The second-order valence-electron chi connectivity index (χ2n) is 6.04. The fourth-order valence-electron chi connectivity index (χ4n) is 2.83. The van der Waals surface area contributed by atoms with Gasteiger partial charge in [-0.2, -0.15) is 0 Å². The third-order valence-electron chi connectivity index (χ3n) is 4.26. The summed E-state index contributed by atoms with van der Waals surface area (Å²) < 4.78 is 5.24. The molecule has 26 heavy (non-hydrogen) atoms. The van der Waals surface area contributed by atoms with Gasteiger partial charge in [0.05, 0.1) is 5.57 Å². The Kier molecular flexibility index (Phi) is 4.29. The average molecular weight is 356 g/mol. The van der Waals surface area contributed by atoms with Gasteiger partial charge >= 0.3 is 11.9 Å². The van der Waals surface area contributed by atoms with Gasteiger partial charge in [0.1, 0.15) is 17.8 Å². The minimum atomic E-state index is -1.28. The maximum absolute atomic E-state index is 12.3. The van der Waals surface area contributed by atoms with E-state index in [-0.39, 0.29) is 17.1 Å². The lowest BCUT2D eigenvalue weighted by molar-refractivity contribution is -0.144. The Labute approximate surface area is 148 Å². The lowest BCUT2D eigenvalue weighted by atomic mass is 9.90. The maximum Gasteiger partial charge on any atom is 0.335 e. The number of cyclic esters (lactones) is 1. The number of hydrogen-bond acceptors (Lipinski definition) is 6. The summed E-state index contributed by atoms with van der Waals surface area (Å²) >= 11 is 0. The highest BCUT2D eigenvalue weighted by molar-refractivity contribution is 6.02. The van der Waals surface area contributed by atoms with Crippen molar-refractivity contribution in [1.29, 1.82) is 0 Å². The van der Waals surface area contributed by atoms with Gasteiger partial charge in [-0.1, -0.05) is 18.2 Å². The van der Waals surface area contributed by atoms with Crippen LogP contribution in [0.3, 0.4) is 0 Å². The SMILES string of the molecule is Cc1ccc(C2OC(=O)/C(=C/c3ccc(O)c(O)c3)C2C(=O)O)cc1O. The molecule has 2 aromatic rings. The number of phenolic OH excluding ortho intramolecular Hbond substituents is 3. The first-order chi connectivity index (χ1) is 12.3. The van der Waals surface area contributed by atoms with E-state index in [1.54, 1.807) is 19.1 Å². The largest absolute Gasteiger partial charge is 0.508 e. The third-order valence-corrected chi connectivity index (χ3v) is 4.26. The number of carbonyl (C=O) groups excluding carboxylic acids is 1. The number of carboxylic acids is 1. The van der Waals surface area contributed by atoms with Crippen LogP contribution in [0.15, 0.2) is 42.0 Å². The van der Waals surface area contributed by atoms with Crippen molar-refractivity contribution >= 4 is 18.0 Å². The number of benzene rings is 2. The van der Waals surface area contributed by atoms with Crippen LogP contribution in [0.2, 0.25) is 0 Å². The molecule has 1 heterocycles. The van der Waals surface area contributed by atoms with E-state index in [0.717, 1.165) is 0 Å². The predicted octanol–water partition coefficient (Wildman–Crippen LogP) is 2.49. The van der Waals surface area contributed by atoms with E-state index >= 15 is 0 Å². The van der Waals surface area contributed by atoms with Crippen LogP contribution < -0.4 is 0 Å². The van der Waals surface area contributed by atoms with Gasteiger partial charge < -0.3 is 25.2 Å². The van der Waals surface area contributed by atoms with Crippen molar-refractivity contribution in [3.8, 4) is 17.2 Å². The second-order valence-corrected chi connectivity index (χ2v) is 6.04. The molecule has 7 nitrogen and oxygen atoms in total. The lowest BCUT2D eigenvalue weighted by Crippen LogP contribution is -2.19. The number of hydrogen-bond donors (Lipinski definition) is 4. The summed E-state index contributed by atoms with van der Waals surface area (Å²) in [5.74, 6) is -4.07. The highest BCUT2D eigenvalue weighted by Crippen LogP contribution is 2.41. The molecule has 1 aliphatic rings. The predicted molar refractivity (Wildman–Crippen MR) is 90.6 cm³/mol. The van der Waals surface area contributed by atoms with Gasteiger partial charge in [0, 0.05) is 0 Å². The Morgan fingerprint density at radius 2 is 1.77 bits per heavy atom. The molecule has 2 atom stereocenters. The molecule has 2 unspecified atom stereocenters. The minimum Gasteiger partial charge on any atom is -0.508 e. The van der Waals surface area contributed by atoms with Crippen LogP contribution in [0.25, 0.3) is 6.08 Å². The van der Waals surface area contributed by atoms with Crippen LogP contribution in [-0.2, 0) is 14.3 Å². The van der Waals surface area contributed by atoms with E-state index in [0.29, 0.717) is 16.7 Å². The summed E-state index contributed by atoms with van der Waals surface area (Å²) in [6.07, 6.45) is 0.220. The van der Waals surface area contributed by atoms with Crippen molar-refractivity contribution < 1.29 is 34.8 Å². The quantitative estimate of drug-likeness (QED) is 0.378. The Morgan fingerprint density at radius 3 is 2.38 bits per heavy atom. The summed E-state index contributed by atoms with van der Waals surface area (Å²) in [5, 5.41) is 38.4. The molecular weight excluding hydrogens is 340 g/mol. The van der Waals surface area contributed by atoms with Gasteiger partial charge in [-0.15, -0.1) is 0 Å². The zero-order chi connectivity index (χ0) is 19.0. The van der Waals surface area contributed by atoms with Crippen molar-refractivity contribution in [3.05, 3.63) is 58.7 Å². The number of aromatic hydroxyl groups is 3. The normalized spacial score (nSPS) is 21.0. The molecule has 134 valence electrons. The van der Waals surface area contributed by atoms with Gasteiger partial charge in [-0.3, -0.25) is 4.79 Å². The smallest absolute Gasteiger partial charge is 0.335 e. The molecule has 0 saturated carbocycles. The van der Waals surface area contributed by atoms with Crippen LogP contribution >= 0.6 is 0 Å². The van der Waals surface area contributed by atoms with Crippen molar-refractivity contribution in [1.82, 2.24) is 0 Å². The number of ether oxygens (including phenoxy) is 1. The summed E-state index contributed by atoms with van der Waals surface area (Å²) in [7, 11) is 0. The zero-order valence-electron chi connectivity index (χ0n) is 13.7. The van der Waals surface area contributed by atoms with E-state index in [1.807, 2.05) is 0 Å². The lowest BCUT2D eigenvalue weighted by Gasteiger charge is -2.15. The van der Waals surface area contributed by atoms with E-state index in [2.05, 4.69) is 0 Å². The molecule has 0 aromatic heterocycles. The first-order valence-corrected chi connectivity index (χ1v) is 7.75. The standard InChI is InChI=1S/C19H16O7/c1-9-2-4-11(8-14(9)21)17-16(18(23)24)12(19(25)26-17)6-10-3-5-13(20)15(22)7-10/h2-8,16-17,20-22H,1H3,(H,23,24)/b12-6+. The van der Waals surface area contributed by atoms with Crippen molar-refractivity contribution in [3.63, 3.8) is 0 Å². The fraction of sp³-hybridized carbons (Fsp3) is 0.158. The first kappa shape index (κ1) is 17.3. The number of carbonyl (C=O) groups is 2. The number of rotatable bonds is 3. The summed E-state index contributed by atoms with van der Waals surface area (Å²) in [4.78, 5) is 24.0. The van der Waals surface area contributed by atoms with E-state index < -0.39 is 29.7 Å². The minimum absolute atomic E-state index is 0.0245. The van der Waals surface area contributed by atoms with Crippen LogP contribution in [0.5, 0.6) is 17.2 Å². The molecule has 0 radical (unpaired) electrons. The van der Waals surface area contributed by atoms with Gasteiger partial charge in [0.2, 0.25) is 0 Å². The zero-order valence-corrected chi connectivity index (χ0v) is 13.7. The van der Waals surface area contributed by atoms with E-state index in [9.17, 15) is 30.0 Å². The number of esters is 1. The summed E-state index contributed by atoms with van der Waals surface area (Å²) in [6, 6.07) is 8.44. The molecule has 1 aliphatic heterocycles. The molecule has 0 bridgehead atoms. The number of aliphatic carboxylic acids is 1. The van der Waals surface area contributed by atoms with Crippen molar-refractivity contribution in [2.75, 3.05) is 0 Å². The van der Waals surface area contributed by atoms with Crippen molar-refractivity contribution in [2.45, 2.75) is 13.0 Å². The molecule has 3 rings (SSSR count). The first-order valence-electron chi connectivity index (χ1n) is 7.75. The molecular formula is C19H16O7. The molecule has 1 fully saturated rings. The molecule has 0 amide bonds. The molecule has 0 spiro atoms. The maximum atomic E-state index is 12.3. The highest BCUT2D eigenvalue weighted by atomic mass is 16.6. The van der Waals surface area contributed by atoms with Crippen LogP contribution in [0.4, 0.5) is 0 Å². The fourth-order valence-corrected chi connectivity index (χ4v) is 2.83. The van der Waals surface area contributed by atoms with Crippen LogP contribution in [0, 0.1) is 12.8 Å². The van der Waals surface area contributed by atoms with Crippen LogP contribution in [0.1, 0.15) is 22.8 Å². The third kappa shape index (κ3) is 3.06. The summed E-state index contributed by atoms with van der Waals surface area (Å²) in [5.41, 5.74) is 1.23. The summed E-state index contributed by atoms with van der Waals surface area (Å²) in [6.45, 7) is 1.69. The van der Waals surface area contributed by atoms with E-state index in [1.165, 1.54) is 30.3 Å². The molecule has 0 aliphatic carbocycles. The Bertz CT molecular complexity index is 929. The molecule has 2 aromatic carbocycles. The molecule has 4 N–H and O–H groups in total. The Morgan fingerprint density at radius 1 is 1.04 bits per heavy atom. The average Bonchev–Trinajstić information content (AvgIpc) is 2.90. The van der Waals surface area contributed by atoms with Gasteiger partial charge in [0.25, 0.3) is 0 Å². The monoisotopic (exact) mass is 356 g/mol. The van der Waals surface area contributed by atoms with Gasteiger partial charge in [-0.25, -0.2) is 4.79 Å². The Hall–Kier alpha value is -3.48. The number of carboxylic acid groups (broad SMARTS) is 1. The van der Waals surface area contributed by atoms with Gasteiger partial charge in [-0.05, 0) is 47.9 Å². The molecule has 7 heteroatoms. The van der Waals surface area contributed by atoms with Crippen LogP contribution in [-0.4, -0.2) is 32.4 Å².